The molecule has 0 fully saturated rings. The summed E-state index contributed by atoms with van der Waals surface area (Å²) >= 11 is 1.35. The minimum atomic E-state index is -0.634. The quantitative estimate of drug-likeness (QED) is 0.224. The predicted octanol–water partition coefficient (Wildman–Crippen LogP) is 6.73. The predicted molar refractivity (Wildman–Crippen MR) is 153 cm³/mol. The van der Waals surface area contributed by atoms with Gasteiger partial charge in [-0.1, -0.05) is 44.2 Å². The largest absolute Gasteiger partial charge is 0.493 e. The zero-order valence-corrected chi connectivity index (χ0v) is 23.4. The van der Waals surface area contributed by atoms with Gasteiger partial charge in [0.1, 0.15) is 5.82 Å². The van der Waals surface area contributed by atoms with Crippen molar-refractivity contribution in [2.24, 2.45) is 0 Å². The average molecular weight is 559 g/mol. The number of halogens is 2. The molecule has 0 aliphatic carbocycles. The monoisotopic (exact) mass is 558 g/mol. The molecule has 9 heteroatoms. The number of hydrogen-bond acceptors (Lipinski definition) is 6. The lowest BCUT2D eigenvalue weighted by Crippen LogP contribution is -2.27. The molecule has 5 aromatic rings. The van der Waals surface area contributed by atoms with Crippen molar-refractivity contribution in [3.05, 3.63) is 110 Å². The average Bonchev–Trinajstić information content (AvgIpc) is 3.37. The fraction of sp³-hybridized carbons (Fsp3) is 0.226. The SMILES string of the molecule is CCc1cccc(CC)c1-n1c(-c2nc(C)cs2)nc(O)c(Cc2ccc(-c3ccc(F)nc3C)c(F)c2)c1=O. The molecule has 0 amide bonds. The summed E-state index contributed by atoms with van der Waals surface area (Å²) in [7, 11) is 0. The van der Waals surface area contributed by atoms with Gasteiger partial charge in [0.15, 0.2) is 10.8 Å². The van der Waals surface area contributed by atoms with Crippen LogP contribution in [0.3, 0.4) is 0 Å². The van der Waals surface area contributed by atoms with Crippen LogP contribution in [0.1, 0.15) is 47.5 Å². The first-order valence-electron chi connectivity index (χ1n) is 13.0. The molecule has 2 aromatic carbocycles. The number of nitrogens with zero attached hydrogens (tertiary/aromatic N) is 4. The molecule has 0 unspecified atom stereocenters. The van der Waals surface area contributed by atoms with Crippen LogP contribution in [0.4, 0.5) is 8.78 Å². The van der Waals surface area contributed by atoms with Crippen molar-refractivity contribution < 1.29 is 13.9 Å². The van der Waals surface area contributed by atoms with Gasteiger partial charge in [-0.3, -0.25) is 9.36 Å². The number of hydrogen-bond donors (Lipinski definition) is 1. The summed E-state index contributed by atoms with van der Waals surface area (Å²) in [6.07, 6.45) is 1.33. The zero-order chi connectivity index (χ0) is 28.6. The third-order valence-electron chi connectivity index (χ3n) is 6.91. The van der Waals surface area contributed by atoms with Crippen LogP contribution in [0.5, 0.6) is 5.88 Å². The molecule has 0 spiro atoms. The van der Waals surface area contributed by atoms with E-state index in [2.05, 4.69) is 15.0 Å². The Kier molecular flexibility index (Phi) is 7.58. The van der Waals surface area contributed by atoms with E-state index in [1.165, 1.54) is 29.5 Å². The van der Waals surface area contributed by atoms with Crippen molar-refractivity contribution in [2.45, 2.75) is 47.0 Å². The first-order chi connectivity index (χ1) is 19.2. The number of rotatable bonds is 7. The van der Waals surface area contributed by atoms with Crippen LogP contribution in [0.15, 0.2) is 58.7 Å². The first kappa shape index (κ1) is 27.3. The molecule has 0 saturated heterocycles. The van der Waals surface area contributed by atoms with Crippen LogP contribution >= 0.6 is 11.3 Å². The summed E-state index contributed by atoms with van der Waals surface area (Å²) < 4.78 is 30.3. The summed E-state index contributed by atoms with van der Waals surface area (Å²) in [6, 6.07) is 13.2. The van der Waals surface area contributed by atoms with Crippen LogP contribution in [0, 0.1) is 25.6 Å². The van der Waals surface area contributed by atoms with Gasteiger partial charge in [0.25, 0.3) is 5.56 Å². The van der Waals surface area contributed by atoms with Gasteiger partial charge in [0.2, 0.25) is 11.8 Å². The molecule has 6 nitrogen and oxygen atoms in total. The van der Waals surface area contributed by atoms with E-state index >= 15 is 4.39 Å². The first-order valence-corrected chi connectivity index (χ1v) is 13.9. The van der Waals surface area contributed by atoms with E-state index in [4.69, 9.17) is 0 Å². The van der Waals surface area contributed by atoms with E-state index < -0.39 is 23.2 Å². The fourth-order valence-corrected chi connectivity index (χ4v) is 5.69. The van der Waals surface area contributed by atoms with Crippen molar-refractivity contribution in [1.82, 2.24) is 19.5 Å². The van der Waals surface area contributed by atoms with E-state index in [1.807, 2.05) is 44.4 Å². The molecular weight excluding hydrogens is 530 g/mol. The Morgan fingerprint density at radius 3 is 2.23 bits per heavy atom. The second-order valence-electron chi connectivity index (χ2n) is 9.56. The highest BCUT2D eigenvalue weighted by Crippen LogP contribution is 2.31. The number of thiazole rings is 1. The lowest BCUT2D eigenvalue weighted by Gasteiger charge is -2.19. The van der Waals surface area contributed by atoms with Gasteiger partial charge in [0.05, 0.1) is 11.3 Å². The van der Waals surface area contributed by atoms with Crippen LogP contribution < -0.4 is 5.56 Å². The zero-order valence-electron chi connectivity index (χ0n) is 22.6. The lowest BCUT2D eigenvalue weighted by atomic mass is 9.99. The molecule has 204 valence electrons. The summed E-state index contributed by atoms with van der Waals surface area (Å²) in [5, 5.41) is 13.4. The number of aromatic nitrogens is 4. The minimum Gasteiger partial charge on any atom is -0.493 e. The Bertz CT molecular complexity index is 1770. The molecule has 3 aromatic heterocycles. The van der Waals surface area contributed by atoms with E-state index in [0.29, 0.717) is 34.7 Å². The molecule has 0 radical (unpaired) electrons. The second-order valence-corrected chi connectivity index (χ2v) is 10.4. The number of aromatic hydroxyl groups is 1. The van der Waals surface area contributed by atoms with Gasteiger partial charge >= 0.3 is 0 Å². The maximum Gasteiger partial charge on any atom is 0.265 e. The number of benzene rings is 2. The van der Waals surface area contributed by atoms with E-state index in [-0.39, 0.29) is 23.4 Å². The summed E-state index contributed by atoms with van der Waals surface area (Å²) in [5.41, 5.74) is 4.65. The summed E-state index contributed by atoms with van der Waals surface area (Å²) in [6.45, 7) is 7.51. The molecular formula is C31H28F2N4O2S. The highest BCUT2D eigenvalue weighted by Gasteiger charge is 2.24. The third-order valence-corrected chi connectivity index (χ3v) is 7.87. The fourth-order valence-electron chi connectivity index (χ4n) is 4.92. The standard InChI is InChI=1S/C31H28F2N4O2S/c1-5-20-8-7-9-21(6-2)27(20)37-28(30-34-17(3)16-40-30)36-29(38)24(31(37)39)14-19-10-11-23(25(32)15-19)22-12-13-26(33)35-18(22)4/h7-13,15-16,38H,5-6,14H2,1-4H3. The van der Waals surface area contributed by atoms with Crippen molar-refractivity contribution >= 4 is 11.3 Å². The van der Waals surface area contributed by atoms with Gasteiger partial charge < -0.3 is 5.11 Å². The van der Waals surface area contributed by atoms with Gasteiger partial charge in [0, 0.05) is 34.3 Å². The molecule has 40 heavy (non-hydrogen) atoms. The molecule has 0 bridgehead atoms. The summed E-state index contributed by atoms with van der Waals surface area (Å²) in [5.74, 6) is -1.33. The normalized spacial score (nSPS) is 11.2. The van der Waals surface area contributed by atoms with Crippen LogP contribution in [-0.2, 0) is 19.3 Å². The molecule has 0 aliphatic rings. The van der Waals surface area contributed by atoms with E-state index in [9.17, 15) is 14.3 Å². The van der Waals surface area contributed by atoms with Gasteiger partial charge in [-0.15, -0.1) is 11.3 Å². The Hall–Kier alpha value is -4.24. The number of aryl methyl sites for hydroxylation is 4. The van der Waals surface area contributed by atoms with Crippen LogP contribution in [0.2, 0.25) is 0 Å². The van der Waals surface area contributed by atoms with Gasteiger partial charge in [-0.25, -0.2) is 14.4 Å². The third kappa shape index (κ3) is 5.04. The van der Waals surface area contributed by atoms with Crippen molar-refractivity contribution in [1.29, 1.82) is 0 Å². The van der Waals surface area contributed by atoms with Gasteiger partial charge in [-0.2, -0.15) is 9.37 Å². The van der Waals surface area contributed by atoms with Crippen LogP contribution in [0.25, 0.3) is 27.6 Å². The molecule has 3 heterocycles. The lowest BCUT2D eigenvalue weighted by molar-refractivity contribution is 0.443. The van der Waals surface area contributed by atoms with E-state index in [0.717, 1.165) is 22.5 Å². The van der Waals surface area contributed by atoms with Crippen LogP contribution in [-0.4, -0.2) is 24.6 Å². The Morgan fingerprint density at radius 2 is 1.62 bits per heavy atom. The Morgan fingerprint density at radius 1 is 0.925 bits per heavy atom. The molecule has 1 N–H and O–H groups in total. The van der Waals surface area contributed by atoms with Crippen molar-refractivity contribution in [3.8, 4) is 33.5 Å². The highest BCUT2D eigenvalue weighted by atomic mass is 32.1. The topological polar surface area (TPSA) is 80.9 Å². The summed E-state index contributed by atoms with van der Waals surface area (Å²) in [4.78, 5) is 27.0. The van der Waals surface area contributed by atoms with Gasteiger partial charge in [-0.05, 0) is 61.6 Å². The smallest absolute Gasteiger partial charge is 0.265 e. The van der Waals surface area contributed by atoms with Crippen molar-refractivity contribution in [2.75, 3.05) is 0 Å². The molecule has 0 aliphatic heterocycles. The van der Waals surface area contributed by atoms with E-state index in [1.54, 1.807) is 23.6 Å². The Labute approximate surface area is 234 Å². The highest BCUT2D eigenvalue weighted by molar-refractivity contribution is 7.13. The minimum absolute atomic E-state index is 0.0392. The molecule has 5 rings (SSSR count). The van der Waals surface area contributed by atoms with Crippen molar-refractivity contribution in [3.63, 3.8) is 0 Å². The maximum absolute atomic E-state index is 15.3. The molecule has 0 atom stereocenters. The maximum atomic E-state index is 15.3. The number of pyridine rings is 1. The Balaban J connectivity index is 1.67. The number of para-hydroxylation sites is 1. The second kappa shape index (κ2) is 11.1. The molecule has 0 saturated carbocycles.